The summed E-state index contributed by atoms with van der Waals surface area (Å²) in [7, 11) is 2.23. The van der Waals surface area contributed by atoms with Crippen LogP contribution in [-0.4, -0.2) is 25.0 Å². The quantitative estimate of drug-likeness (QED) is 0.627. The molecule has 68 valence electrons. The van der Waals surface area contributed by atoms with E-state index in [9.17, 15) is 0 Å². The summed E-state index contributed by atoms with van der Waals surface area (Å²) in [6, 6.07) is 11.0. The number of nitrogens with zero attached hydrogens (tertiary/aromatic N) is 1. The van der Waals surface area contributed by atoms with Crippen molar-refractivity contribution < 1.29 is 0 Å². The van der Waals surface area contributed by atoms with Crippen molar-refractivity contribution in [2.24, 2.45) is 11.8 Å². The summed E-state index contributed by atoms with van der Waals surface area (Å²) < 4.78 is 0. The molecule has 2 aliphatic rings. The summed E-state index contributed by atoms with van der Waals surface area (Å²) in [6.45, 7) is 2.62. The minimum absolute atomic E-state index is 0.886. The van der Waals surface area contributed by atoms with Gasteiger partial charge in [0.15, 0.2) is 0 Å². The van der Waals surface area contributed by atoms with Gasteiger partial charge >= 0.3 is 0 Å². The Morgan fingerprint density at radius 2 is 1.69 bits per heavy atom. The second-order valence-corrected chi connectivity index (χ2v) is 4.49. The van der Waals surface area contributed by atoms with Crippen LogP contribution in [0.15, 0.2) is 30.3 Å². The number of fused-ring (bicyclic) bond motifs is 1. The number of piperidine rings is 1. The molecule has 1 saturated carbocycles. The highest BCUT2D eigenvalue weighted by Gasteiger charge is 2.54. The first-order valence-corrected chi connectivity index (χ1v) is 5.10. The zero-order valence-electron chi connectivity index (χ0n) is 7.98. The monoisotopic (exact) mass is 173 g/mol. The van der Waals surface area contributed by atoms with Crippen LogP contribution in [0.1, 0.15) is 11.5 Å². The summed E-state index contributed by atoms with van der Waals surface area (Å²) in [4.78, 5) is 2.45. The van der Waals surface area contributed by atoms with E-state index < -0.39 is 0 Å². The third-order valence-corrected chi connectivity index (χ3v) is 3.56. The SMILES string of the molecule is CN1CC2C(c3ccccc3)[C@H]2C1. The zero-order valence-corrected chi connectivity index (χ0v) is 7.98. The Bertz CT molecular complexity index is 294. The summed E-state index contributed by atoms with van der Waals surface area (Å²) in [6.07, 6.45) is 0. The highest BCUT2D eigenvalue weighted by molar-refractivity contribution is 5.30. The van der Waals surface area contributed by atoms with E-state index in [0.29, 0.717) is 0 Å². The predicted octanol–water partition coefficient (Wildman–Crippen LogP) is 1.96. The first-order chi connectivity index (χ1) is 6.36. The molecule has 1 heteroatoms. The largest absolute Gasteiger partial charge is 0.306 e. The number of likely N-dealkylation sites (tertiary alicyclic amines) is 1. The molecule has 2 fully saturated rings. The van der Waals surface area contributed by atoms with Crippen LogP contribution in [0.2, 0.25) is 0 Å². The van der Waals surface area contributed by atoms with Gasteiger partial charge in [-0.05, 0) is 30.4 Å². The molecule has 1 nitrogen and oxygen atoms in total. The van der Waals surface area contributed by atoms with Crippen molar-refractivity contribution in [1.82, 2.24) is 4.90 Å². The Morgan fingerprint density at radius 1 is 1.08 bits per heavy atom. The first-order valence-electron chi connectivity index (χ1n) is 5.10. The van der Waals surface area contributed by atoms with Crippen molar-refractivity contribution in [2.75, 3.05) is 20.1 Å². The van der Waals surface area contributed by atoms with Crippen molar-refractivity contribution in [3.63, 3.8) is 0 Å². The molecule has 2 unspecified atom stereocenters. The fraction of sp³-hybridized carbons (Fsp3) is 0.500. The van der Waals surface area contributed by atoms with Gasteiger partial charge in [0, 0.05) is 13.1 Å². The van der Waals surface area contributed by atoms with Gasteiger partial charge in [0.1, 0.15) is 0 Å². The average molecular weight is 173 g/mol. The standard InChI is InChI=1S/C12H15N/c1-13-7-10-11(8-13)12(10)9-5-3-2-4-6-9/h2-6,10-12H,7-8H2,1H3/t10-,11?,12?/m0/s1. The molecule has 1 heterocycles. The van der Waals surface area contributed by atoms with Gasteiger partial charge in [-0.15, -0.1) is 0 Å². The lowest BCUT2D eigenvalue weighted by molar-refractivity contribution is 0.363. The van der Waals surface area contributed by atoms with Crippen molar-refractivity contribution in [3.8, 4) is 0 Å². The lowest BCUT2D eigenvalue weighted by atomic mass is 10.1. The third-order valence-electron chi connectivity index (χ3n) is 3.56. The van der Waals surface area contributed by atoms with Crippen molar-refractivity contribution >= 4 is 0 Å². The Balaban J connectivity index is 1.79. The Morgan fingerprint density at radius 3 is 2.31 bits per heavy atom. The molecule has 1 saturated heterocycles. The molecule has 3 rings (SSSR count). The molecule has 1 aromatic rings. The van der Waals surface area contributed by atoms with Crippen LogP contribution >= 0.6 is 0 Å². The van der Waals surface area contributed by atoms with Crippen molar-refractivity contribution in [3.05, 3.63) is 35.9 Å². The van der Waals surface area contributed by atoms with E-state index in [2.05, 4.69) is 42.3 Å². The molecular weight excluding hydrogens is 158 g/mol. The molecule has 13 heavy (non-hydrogen) atoms. The summed E-state index contributed by atoms with van der Waals surface area (Å²) in [5.41, 5.74) is 1.56. The van der Waals surface area contributed by atoms with Gasteiger partial charge < -0.3 is 4.90 Å². The van der Waals surface area contributed by atoms with Crippen LogP contribution in [0.4, 0.5) is 0 Å². The number of benzene rings is 1. The van der Waals surface area contributed by atoms with E-state index in [1.165, 1.54) is 13.1 Å². The Hall–Kier alpha value is -0.820. The highest BCUT2D eigenvalue weighted by atomic mass is 15.2. The Kier molecular flexibility index (Phi) is 1.50. The maximum absolute atomic E-state index is 2.45. The lowest BCUT2D eigenvalue weighted by Crippen LogP contribution is -2.18. The van der Waals surface area contributed by atoms with Crippen LogP contribution in [0.5, 0.6) is 0 Å². The van der Waals surface area contributed by atoms with Crippen LogP contribution < -0.4 is 0 Å². The summed E-state index contributed by atoms with van der Waals surface area (Å²) >= 11 is 0. The fourth-order valence-corrected chi connectivity index (χ4v) is 2.91. The molecule has 0 bridgehead atoms. The molecule has 1 aromatic carbocycles. The van der Waals surface area contributed by atoms with Crippen molar-refractivity contribution in [2.45, 2.75) is 5.92 Å². The second-order valence-electron chi connectivity index (χ2n) is 4.49. The van der Waals surface area contributed by atoms with E-state index in [-0.39, 0.29) is 0 Å². The third kappa shape index (κ3) is 1.11. The Labute approximate surface area is 79.4 Å². The minimum atomic E-state index is 0.886. The van der Waals surface area contributed by atoms with Crippen LogP contribution in [0.25, 0.3) is 0 Å². The van der Waals surface area contributed by atoms with E-state index in [1.54, 1.807) is 5.56 Å². The molecule has 0 radical (unpaired) electrons. The fourth-order valence-electron chi connectivity index (χ4n) is 2.91. The van der Waals surface area contributed by atoms with Crippen LogP contribution in [0.3, 0.4) is 0 Å². The van der Waals surface area contributed by atoms with Gasteiger partial charge in [-0.25, -0.2) is 0 Å². The molecular formula is C12H15N. The van der Waals surface area contributed by atoms with Gasteiger partial charge in [0.05, 0.1) is 0 Å². The second kappa shape index (κ2) is 2.58. The number of hydrogen-bond acceptors (Lipinski definition) is 1. The van der Waals surface area contributed by atoms with Gasteiger partial charge in [0.2, 0.25) is 0 Å². The normalized spacial score (nSPS) is 37.5. The van der Waals surface area contributed by atoms with Crippen LogP contribution in [-0.2, 0) is 0 Å². The number of rotatable bonds is 1. The predicted molar refractivity (Wildman–Crippen MR) is 53.7 cm³/mol. The molecule has 0 amide bonds. The van der Waals surface area contributed by atoms with E-state index >= 15 is 0 Å². The maximum atomic E-state index is 2.45. The van der Waals surface area contributed by atoms with Gasteiger partial charge in [-0.3, -0.25) is 0 Å². The smallest absolute Gasteiger partial charge is 0.00160 e. The number of hydrogen-bond donors (Lipinski definition) is 0. The first kappa shape index (κ1) is 7.57. The van der Waals surface area contributed by atoms with Gasteiger partial charge in [-0.2, -0.15) is 0 Å². The summed E-state index contributed by atoms with van der Waals surface area (Å²) in [5.74, 6) is 2.82. The molecule has 1 aliphatic carbocycles. The van der Waals surface area contributed by atoms with E-state index in [1.807, 2.05) is 0 Å². The average Bonchev–Trinajstić information content (AvgIpc) is 2.66. The van der Waals surface area contributed by atoms with E-state index in [0.717, 1.165) is 17.8 Å². The highest BCUT2D eigenvalue weighted by Crippen LogP contribution is 2.57. The van der Waals surface area contributed by atoms with Crippen molar-refractivity contribution in [1.29, 1.82) is 0 Å². The summed E-state index contributed by atoms with van der Waals surface area (Å²) in [5, 5.41) is 0. The molecule has 3 atom stereocenters. The molecule has 0 spiro atoms. The van der Waals surface area contributed by atoms with Gasteiger partial charge in [-0.1, -0.05) is 30.3 Å². The van der Waals surface area contributed by atoms with Gasteiger partial charge in [0.25, 0.3) is 0 Å². The molecule has 0 N–H and O–H groups in total. The van der Waals surface area contributed by atoms with E-state index in [4.69, 9.17) is 0 Å². The maximum Gasteiger partial charge on any atom is 0.00160 e. The lowest BCUT2D eigenvalue weighted by Gasteiger charge is -2.12. The zero-order chi connectivity index (χ0) is 8.84. The minimum Gasteiger partial charge on any atom is -0.306 e. The van der Waals surface area contributed by atoms with Crippen LogP contribution in [0, 0.1) is 11.8 Å². The molecule has 1 aliphatic heterocycles. The molecule has 0 aromatic heterocycles. The topological polar surface area (TPSA) is 3.24 Å².